The average molecular weight is 341 g/mol. The Morgan fingerprint density at radius 2 is 2.32 bits per heavy atom. The summed E-state index contributed by atoms with van der Waals surface area (Å²) in [5, 5.41) is 4.14. The number of anilines is 1. The minimum Gasteiger partial charge on any atom is -0.491 e. The van der Waals surface area contributed by atoms with Gasteiger partial charge in [-0.05, 0) is 25.0 Å². The van der Waals surface area contributed by atoms with Crippen molar-refractivity contribution in [1.82, 2.24) is 10.3 Å². The molecule has 0 spiro atoms. The van der Waals surface area contributed by atoms with Crippen LogP contribution in [0.2, 0.25) is 0 Å². The van der Waals surface area contributed by atoms with E-state index in [1.165, 1.54) is 0 Å². The summed E-state index contributed by atoms with van der Waals surface area (Å²) in [6.45, 7) is 4.60. The summed E-state index contributed by atoms with van der Waals surface area (Å²) in [6.07, 6.45) is 3.81. The molecule has 6 heteroatoms. The van der Waals surface area contributed by atoms with Crippen molar-refractivity contribution >= 4 is 22.5 Å². The second-order valence-electron chi connectivity index (χ2n) is 6.59. The van der Waals surface area contributed by atoms with Crippen LogP contribution in [0, 0.1) is 0 Å². The molecule has 2 aromatic rings. The number of piperidine rings is 1. The molecule has 0 saturated carbocycles. The topological polar surface area (TPSA) is 63.7 Å². The summed E-state index contributed by atoms with van der Waals surface area (Å²) in [5.74, 6) is 0.795. The van der Waals surface area contributed by atoms with E-state index in [-0.39, 0.29) is 24.7 Å². The van der Waals surface area contributed by atoms with Crippen LogP contribution in [0.5, 0.6) is 5.75 Å². The lowest BCUT2D eigenvalue weighted by molar-refractivity contribution is -0.137. The third-order valence-electron chi connectivity index (χ3n) is 4.84. The molecular weight excluding hydrogens is 318 g/mol. The summed E-state index contributed by atoms with van der Waals surface area (Å²) in [4.78, 5) is 18.5. The normalized spacial score (nSPS) is 23.2. The first-order valence-corrected chi connectivity index (χ1v) is 8.92. The van der Waals surface area contributed by atoms with Crippen LogP contribution >= 0.6 is 0 Å². The number of aromatic nitrogens is 1. The lowest BCUT2D eigenvalue weighted by Crippen LogP contribution is -2.60. The van der Waals surface area contributed by atoms with Crippen LogP contribution in [0.25, 0.3) is 10.9 Å². The maximum Gasteiger partial charge on any atom is 0.246 e. The van der Waals surface area contributed by atoms with Crippen LogP contribution in [0.15, 0.2) is 30.5 Å². The van der Waals surface area contributed by atoms with Crippen LogP contribution in [0.1, 0.15) is 19.8 Å². The Morgan fingerprint density at radius 3 is 3.20 bits per heavy atom. The zero-order valence-corrected chi connectivity index (χ0v) is 14.4. The van der Waals surface area contributed by atoms with Crippen molar-refractivity contribution in [2.45, 2.75) is 31.9 Å². The molecule has 3 heterocycles. The molecule has 2 aliphatic heterocycles. The number of morpholine rings is 1. The first-order valence-electron chi connectivity index (χ1n) is 8.92. The molecule has 1 aromatic carbocycles. The van der Waals surface area contributed by atoms with Crippen LogP contribution in [-0.4, -0.2) is 49.3 Å². The fourth-order valence-corrected chi connectivity index (χ4v) is 3.66. The predicted octanol–water partition coefficient (Wildman–Crippen LogP) is 2.12. The van der Waals surface area contributed by atoms with E-state index >= 15 is 0 Å². The minimum absolute atomic E-state index is 0.0297. The van der Waals surface area contributed by atoms with E-state index in [2.05, 4.69) is 28.2 Å². The smallest absolute Gasteiger partial charge is 0.246 e. The quantitative estimate of drug-likeness (QED) is 0.923. The highest BCUT2D eigenvalue weighted by Gasteiger charge is 2.35. The van der Waals surface area contributed by atoms with Crippen molar-refractivity contribution in [3.05, 3.63) is 30.5 Å². The monoisotopic (exact) mass is 341 g/mol. The lowest BCUT2D eigenvalue weighted by atomic mass is 9.99. The Hall–Kier alpha value is -2.34. The molecule has 132 valence electrons. The van der Waals surface area contributed by atoms with E-state index < -0.39 is 0 Å². The second-order valence-corrected chi connectivity index (χ2v) is 6.59. The van der Waals surface area contributed by atoms with Crippen LogP contribution < -0.4 is 15.0 Å². The Bertz CT molecular complexity index is 780. The van der Waals surface area contributed by atoms with E-state index in [1.807, 2.05) is 24.4 Å². The molecule has 2 atom stereocenters. The number of carbonyl (C=O) groups is 1. The number of hydrogen-bond acceptors (Lipinski definition) is 5. The third-order valence-corrected chi connectivity index (χ3v) is 4.84. The van der Waals surface area contributed by atoms with E-state index in [0.29, 0.717) is 6.61 Å². The predicted molar refractivity (Wildman–Crippen MR) is 96.0 cm³/mol. The number of fused-ring (bicyclic) bond motifs is 2. The number of pyridine rings is 1. The summed E-state index contributed by atoms with van der Waals surface area (Å²) in [6, 6.07) is 8.14. The number of rotatable bonds is 4. The molecule has 2 fully saturated rings. The van der Waals surface area contributed by atoms with Gasteiger partial charge in [-0.2, -0.15) is 0 Å². The average Bonchev–Trinajstić information content (AvgIpc) is 2.65. The molecule has 2 aliphatic rings. The number of nitrogens with one attached hydrogen (secondary N) is 1. The highest BCUT2D eigenvalue weighted by atomic mass is 16.5. The second kappa shape index (κ2) is 6.88. The number of amides is 1. The van der Waals surface area contributed by atoms with Crippen molar-refractivity contribution in [3.63, 3.8) is 0 Å². The van der Waals surface area contributed by atoms with Crippen molar-refractivity contribution in [1.29, 1.82) is 0 Å². The number of nitrogens with zero attached hydrogens (tertiary/aromatic N) is 2. The van der Waals surface area contributed by atoms with Crippen LogP contribution in [-0.2, 0) is 9.53 Å². The Balaban J connectivity index is 1.64. The van der Waals surface area contributed by atoms with Crippen LogP contribution in [0.3, 0.4) is 0 Å². The van der Waals surface area contributed by atoms with Crippen molar-refractivity contribution in [3.8, 4) is 5.75 Å². The van der Waals surface area contributed by atoms with Crippen molar-refractivity contribution < 1.29 is 14.3 Å². The summed E-state index contributed by atoms with van der Waals surface area (Å²) in [7, 11) is 0. The molecule has 0 unspecified atom stereocenters. The zero-order chi connectivity index (χ0) is 17.2. The molecule has 2 saturated heterocycles. The summed E-state index contributed by atoms with van der Waals surface area (Å²) < 4.78 is 11.5. The maximum atomic E-state index is 11.6. The van der Waals surface area contributed by atoms with Gasteiger partial charge in [0.2, 0.25) is 5.91 Å². The number of ether oxygens (including phenoxy) is 2. The molecule has 1 N–H and O–H groups in total. The first kappa shape index (κ1) is 16.1. The summed E-state index contributed by atoms with van der Waals surface area (Å²) in [5.41, 5.74) is 2.02. The van der Waals surface area contributed by atoms with Gasteiger partial charge in [0.1, 0.15) is 17.9 Å². The van der Waals surface area contributed by atoms with Gasteiger partial charge in [0, 0.05) is 30.4 Å². The van der Waals surface area contributed by atoms with Gasteiger partial charge in [-0.1, -0.05) is 19.1 Å². The fraction of sp³-hybridized carbons (Fsp3) is 0.474. The van der Waals surface area contributed by atoms with Crippen LogP contribution in [0.4, 0.5) is 5.69 Å². The van der Waals surface area contributed by atoms with Gasteiger partial charge in [-0.15, -0.1) is 0 Å². The lowest BCUT2D eigenvalue weighted by Gasteiger charge is -2.42. The SMILES string of the molecule is CCCOc1cccc2c(N3CC[C@H]4OCC(=O)N[C@@H]4C3)ccnc12. The Kier molecular flexibility index (Phi) is 4.44. The largest absolute Gasteiger partial charge is 0.491 e. The number of carbonyl (C=O) groups excluding carboxylic acids is 1. The van der Waals surface area contributed by atoms with Gasteiger partial charge in [0.15, 0.2) is 0 Å². The van der Waals surface area contributed by atoms with Crippen molar-refractivity contribution in [2.75, 3.05) is 31.2 Å². The van der Waals surface area contributed by atoms with Gasteiger partial charge in [-0.3, -0.25) is 9.78 Å². The third kappa shape index (κ3) is 3.14. The minimum atomic E-state index is -0.0297. The Morgan fingerprint density at radius 1 is 1.40 bits per heavy atom. The zero-order valence-electron chi connectivity index (χ0n) is 14.4. The molecule has 0 bridgehead atoms. The Labute approximate surface area is 147 Å². The standard InChI is InChI=1S/C19H23N3O3/c1-2-10-24-17-5-3-4-13-15(6-8-20-19(13)17)22-9-7-16-14(11-22)21-18(23)12-25-16/h3-6,8,14,16H,2,7,9-12H2,1H3,(H,21,23)/t14-,16-/m1/s1. The van der Waals surface area contributed by atoms with Gasteiger partial charge >= 0.3 is 0 Å². The van der Waals surface area contributed by atoms with Crippen molar-refractivity contribution in [2.24, 2.45) is 0 Å². The van der Waals surface area contributed by atoms with Gasteiger partial charge in [-0.25, -0.2) is 0 Å². The van der Waals surface area contributed by atoms with E-state index in [1.54, 1.807) is 0 Å². The molecule has 0 aliphatic carbocycles. The molecule has 1 aromatic heterocycles. The molecule has 0 radical (unpaired) electrons. The summed E-state index contributed by atoms with van der Waals surface area (Å²) >= 11 is 0. The fourth-order valence-electron chi connectivity index (χ4n) is 3.66. The van der Waals surface area contributed by atoms with E-state index in [4.69, 9.17) is 9.47 Å². The van der Waals surface area contributed by atoms with E-state index in [9.17, 15) is 4.79 Å². The highest BCUT2D eigenvalue weighted by molar-refractivity contribution is 5.95. The number of hydrogen-bond donors (Lipinski definition) is 1. The van der Waals surface area contributed by atoms with Gasteiger partial charge < -0.3 is 19.7 Å². The molecule has 1 amide bonds. The molecule has 4 rings (SSSR count). The molecule has 6 nitrogen and oxygen atoms in total. The molecular formula is C19H23N3O3. The highest BCUT2D eigenvalue weighted by Crippen LogP contribution is 2.33. The molecule has 25 heavy (non-hydrogen) atoms. The maximum absolute atomic E-state index is 11.6. The number of benzene rings is 1. The van der Waals surface area contributed by atoms with Gasteiger partial charge in [0.05, 0.1) is 18.8 Å². The van der Waals surface area contributed by atoms with Gasteiger partial charge in [0.25, 0.3) is 0 Å². The number of para-hydroxylation sites is 1. The van der Waals surface area contributed by atoms with E-state index in [0.717, 1.165) is 48.3 Å². The first-order chi connectivity index (χ1) is 12.3.